The summed E-state index contributed by atoms with van der Waals surface area (Å²) in [4.78, 5) is 0. The van der Waals surface area contributed by atoms with E-state index < -0.39 is 0 Å². The molecule has 2 atom stereocenters. The van der Waals surface area contributed by atoms with E-state index >= 15 is 0 Å². The Morgan fingerprint density at radius 3 is 2.71 bits per heavy atom. The van der Waals surface area contributed by atoms with Crippen LogP contribution in [-0.4, -0.2) is 19.1 Å². The molecule has 0 spiro atoms. The van der Waals surface area contributed by atoms with E-state index in [2.05, 4.69) is 48.7 Å². The van der Waals surface area contributed by atoms with Gasteiger partial charge in [-0.2, -0.15) is 0 Å². The molecule has 1 aliphatic heterocycles. The van der Waals surface area contributed by atoms with Crippen LogP contribution in [0.2, 0.25) is 0 Å². The van der Waals surface area contributed by atoms with Crippen molar-refractivity contribution in [1.29, 1.82) is 0 Å². The zero-order chi connectivity index (χ0) is 12.1. The first-order valence-corrected chi connectivity index (χ1v) is 6.79. The fraction of sp³-hybridized carbons (Fsp3) is 0.600. The van der Waals surface area contributed by atoms with Crippen molar-refractivity contribution < 1.29 is 0 Å². The van der Waals surface area contributed by atoms with Crippen molar-refractivity contribution in [3.05, 3.63) is 35.4 Å². The van der Waals surface area contributed by atoms with Crippen molar-refractivity contribution in [3.8, 4) is 0 Å². The van der Waals surface area contributed by atoms with Gasteiger partial charge in [-0.1, -0.05) is 36.2 Å². The van der Waals surface area contributed by atoms with Crippen LogP contribution in [0.15, 0.2) is 24.3 Å². The van der Waals surface area contributed by atoms with Crippen LogP contribution in [0.25, 0.3) is 0 Å². The minimum Gasteiger partial charge on any atom is -0.313 e. The lowest BCUT2D eigenvalue weighted by Gasteiger charge is -2.25. The van der Waals surface area contributed by atoms with Gasteiger partial charge in [0.1, 0.15) is 0 Å². The number of nitrogens with one attached hydrogen (secondary N) is 2. The molecule has 2 nitrogen and oxygen atoms in total. The third-order valence-corrected chi connectivity index (χ3v) is 3.66. The number of piperidine rings is 1. The average molecular weight is 232 g/mol. The van der Waals surface area contributed by atoms with E-state index in [1.165, 1.54) is 36.9 Å². The van der Waals surface area contributed by atoms with E-state index in [0.717, 1.165) is 6.54 Å². The molecule has 0 saturated carbocycles. The van der Waals surface area contributed by atoms with E-state index in [1.54, 1.807) is 0 Å². The lowest BCUT2D eigenvalue weighted by molar-refractivity contribution is 0.371. The molecule has 2 N–H and O–H groups in total. The van der Waals surface area contributed by atoms with E-state index in [9.17, 15) is 0 Å². The summed E-state index contributed by atoms with van der Waals surface area (Å²) >= 11 is 0. The summed E-state index contributed by atoms with van der Waals surface area (Å²) in [6.07, 6.45) is 4.02. The summed E-state index contributed by atoms with van der Waals surface area (Å²) in [7, 11) is 0. The number of benzene rings is 1. The van der Waals surface area contributed by atoms with Gasteiger partial charge >= 0.3 is 0 Å². The van der Waals surface area contributed by atoms with E-state index in [0.29, 0.717) is 12.1 Å². The SMILES string of the molecule is Cc1ccc(C(C)NCC2CCCCN2)cc1. The highest BCUT2D eigenvalue weighted by molar-refractivity contribution is 5.23. The molecule has 1 saturated heterocycles. The monoisotopic (exact) mass is 232 g/mol. The van der Waals surface area contributed by atoms with Crippen molar-refractivity contribution >= 4 is 0 Å². The topological polar surface area (TPSA) is 24.1 Å². The standard InChI is InChI=1S/C15H24N2/c1-12-6-8-14(9-7-12)13(2)17-11-15-5-3-4-10-16-15/h6-9,13,15-17H,3-5,10-11H2,1-2H3. The Balaban J connectivity index is 1.80. The van der Waals surface area contributed by atoms with Crippen molar-refractivity contribution in [1.82, 2.24) is 10.6 Å². The molecule has 0 aromatic heterocycles. The molecule has 1 heterocycles. The molecule has 17 heavy (non-hydrogen) atoms. The van der Waals surface area contributed by atoms with Crippen molar-refractivity contribution in [2.75, 3.05) is 13.1 Å². The molecular formula is C15H24N2. The van der Waals surface area contributed by atoms with Crippen molar-refractivity contribution in [2.24, 2.45) is 0 Å². The lowest BCUT2D eigenvalue weighted by atomic mass is 10.0. The predicted molar refractivity (Wildman–Crippen MR) is 73.2 cm³/mol. The van der Waals surface area contributed by atoms with Gasteiger partial charge in [0.25, 0.3) is 0 Å². The summed E-state index contributed by atoms with van der Waals surface area (Å²) in [5.74, 6) is 0. The fourth-order valence-electron chi connectivity index (χ4n) is 2.39. The van der Waals surface area contributed by atoms with Crippen LogP contribution in [0.3, 0.4) is 0 Å². The van der Waals surface area contributed by atoms with Crippen LogP contribution in [-0.2, 0) is 0 Å². The number of hydrogen-bond acceptors (Lipinski definition) is 2. The Morgan fingerprint density at radius 1 is 1.29 bits per heavy atom. The number of aryl methyl sites for hydroxylation is 1. The minimum atomic E-state index is 0.444. The lowest BCUT2D eigenvalue weighted by Crippen LogP contribution is -2.42. The van der Waals surface area contributed by atoms with Crippen LogP contribution < -0.4 is 10.6 Å². The van der Waals surface area contributed by atoms with Crippen LogP contribution >= 0.6 is 0 Å². The van der Waals surface area contributed by atoms with Gasteiger partial charge in [0.2, 0.25) is 0 Å². The largest absolute Gasteiger partial charge is 0.313 e. The van der Waals surface area contributed by atoms with E-state index in [4.69, 9.17) is 0 Å². The van der Waals surface area contributed by atoms with Gasteiger partial charge in [-0.05, 0) is 38.8 Å². The highest BCUT2D eigenvalue weighted by Crippen LogP contribution is 2.14. The maximum atomic E-state index is 3.63. The quantitative estimate of drug-likeness (QED) is 0.834. The molecule has 0 aliphatic carbocycles. The van der Waals surface area contributed by atoms with Gasteiger partial charge in [-0.15, -0.1) is 0 Å². The third kappa shape index (κ3) is 3.83. The Hall–Kier alpha value is -0.860. The normalized spacial score (nSPS) is 22.4. The average Bonchev–Trinajstić information content (AvgIpc) is 2.38. The molecule has 0 amide bonds. The van der Waals surface area contributed by atoms with Crippen LogP contribution in [0.4, 0.5) is 0 Å². The number of rotatable bonds is 4. The van der Waals surface area contributed by atoms with E-state index in [-0.39, 0.29) is 0 Å². The molecule has 2 rings (SSSR count). The summed E-state index contributed by atoms with van der Waals surface area (Å²) in [5.41, 5.74) is 2.71. The molecule has 1 fully saturated rings. The van der Waals surface area contributed by atoms with Gasteiger partial charge in [-0.3, -0.25) is 0 Å². The second-order valence-corrected chi connectivity index (χ2v) is 5.19. The highest BCUT2D eigenvalue weighted by atomic mass is 15.0. The van der Waals surface area contributed by atoms with Gasteiger partial charge in [0, 0.05) is 18.6 Å². The first-order chi connectivity index (χ1) is 8.25. The maximum Gasteiger partial charge on any atom is 0.0292 e. The summed E-state index contributed by atoms with van der Waals surface area (Å²) in [5, 5.41) is 7.20. The van der Waals surface area contributed by atoms with Crippen LogP contribution in [0, 0.1) is 6.92 Å². The minimum absolute atomic E-state index is 0.444. The second kappa shape index (κ2) is 6.18. The third-order valence-electron chi connectivity index (χ3n) is 3.66. The Labute approximate surface area is 105 Å². The van der Waals surface area contributed by atoms with Crippen molar-refractivity contribution in [2.45, 2.75) is 45.2 Å². The van der Waals surface area contributed by atoms with Gasteiger partial charge in [0.15, 0.2) is 0 Å². The Bertz CT molecular complexity index is 325. The molecule has 1 aliphatic rings. The smallest absolute Gasteiger partial charge is 0.0292 e. The van der Waals surface area contributed by atoms with Crippen LogP contribution in [0.5, 0.6) is 0 Å². The zero-order valence-electron chi connectivity index (χ0n) is 11.0. The van der Waals surface area contributed by atoms with E-state index in [1.807, 2.05) is 0 Å². The molecular weight excluding hydrogens is 208 g/mol. The summed E-state index contributed by atoms with van der Waals surface area (Å²) in [6, 6.07) is 9.93. The highest BCUT2D eigenvalue weighted by Gasteiger charge is 2.13. The molecule has 1 aromatic carbocycles. The van der Waals surface area contributed by atoms with Gasteiger partial charge in [-0.25, -0.2) is 0 Å². The zero-order valence-corrected chi connectivity index (χ0v) is 11.0. The molecule has 94 valence electrons. The van der Waals surface area contributed by atoms with Crippen molar-refractivity contribution in [3.63, 3.8) is 0 Å². The molecule has 2 unspecified atom stereocenters. The second-order valence-electron chi connectivity index (χ2n) is 5.19. The molecule has 2 heteroatoms. The molecule has 1 aromatic rings. The summed E-state index contributed by atoms with van der Waals surface area (Å²) in [6.45, 7) is 6.64. The number of hydrogen-bond donors (Lipinski definition) is 2. The maximum absolute atomic E-state index is 3.63. The van der Waals surface area contributed by atoms with Gasteiger partial charge in [0.05, 0.1) is 0 Å². The first kappa shape index (κ1) is 12.6. The molecule has 0 bridgehead atoms. The Morgan fingerprint density at radius 2 is 2.06 bits per heavy atom. The fourth-order valence-corrected chi connectivity index (χ4v) is 2.39. The first-order valence-electron chi connectivity index (χ1n) is 6.79. The van der Waals surface area contributed by atoms with Crippen LogP contribution in [0.1, 0.15) is 43.4 Å². The predicted octanol–water partition coefficient (Wildman–Crippen LogP) is 2.79. The van der Waals surface area contributed by atoms with Gasteiger partial charge < -0.3 is 10.6 Å². The molecule has 0 radical (unpaired) electrons. The summed E-state index contributed by atoms with van der Waals surface area (Å²) < 4.78 is 0. The Kier molecular flexibility index (Phi) is 4.57.